The van der Waals surface area contributed by atoms with E-state index < -0.39 is 23.5 Å². The number of fused-ring (bicyclic) bond motifs is 4. The third kappa shape index (κ3) is 2.09. The van der Waals surface area contributed by atoms with Crippen LogP contribution in [0.5, 0.6) is 0 Å². The molecule has 1 amide bonds. The minimum Gasteiger partial charge on any atom is -0.449 e. The Morgan fingerprint density at radius 3 is 2.63 bits per heavy atom. The van der Waals surface area contributed by atoms with Crippen molar-refractivity contribution in [3.05, 3.63) is 22.5 Å². The van der Waals surface area contributed by atoms with Gasteiger partial charge in [0.25, 0.3) is 0 Å². The second-order valence-corrected chi connectivity index (χ2v) is 7.46. The number of methoxy groups -OCH3 is 1. The van der Waals surface area contributed by atoms with E-state index in [1.807, 2.05) is 4.90 Å². The van der Waals surface area contributed by atoms with E-state index in [0.29, 0.717) is 12.2 Å². The van der Waals surface area contributed by atoms with Crippen LogP contribution < -0.4 is 11.5 Å². The number of piperazine rings is 1. The zero-order valence-electron chi connectivity index (χ0n) is 15.7. The molecule has 0 aromatic rings. The van der Waals surface area contributed by atoms with E-state index in [2.05, 4.69) is 11.8 Å². The third-order valence-corrected chi connectivity index (χ3v) is 6.30. The average molecular weight is 376 g/mol. The van der Waals surface area contributed by atoms with Gasteiger partial charge < -0.3 is 25.8 Å². The van der Waals surface area contributed by atoms with E-state index in [9.17, 15) is 14.4 Å². The van der Waals surface area contributed by atoms with Crippen LogP contribution in [0, 0.1) is 5.92 Å². The highest BCUT2D eigenvalue weighted by Gasteiger charge is 2.75. The van der Waals surface area contributed by atoms with Gasteiger partial charge in [-0.2, -0.15) is 0 Å². The lowest BCUT2D eigenvalue weighted by Crippen LogP contribution is -2.55. The summed E-state index contributed by atoms with van der Waals surface area (Å²) in [6, 6.07) is 0.248. The van der Waals surface area contributed by atoms with Crippen molar-refractivity contribution in [3.63, 3.8) is 0 Å². The molecule has 146 valence electrons. The highest BCUT2D eigenvalue weighted by Crippen LogP contribution is 2.59. The molecule has 0 saturated carbocycles. The molecular formula is C18H24N4O5. The fourth-order valence-electron chi connectivity index (χ4n) is 5.15. The number of carbonyl (C=O) groups is 3. The van der Waals surface area contributed by atoms with Gasteiger partial charge in [0.05, 0.1) is 23.4 Å². The monoisotopic (exact) mass is 376 g/mol. The second kappa shape index (κ2) is 5.80. The Labute approximate surface area is 156 Å². The number of hydrogen-bond acceptors (Lipinski definition) is 8. The normalized spacial score (nSPS) is 36.8. The van der Waals surface area contributed by atoms with E-state index in [-0.39, 0.29) is 41.3 Å². The van der Waals surface area contributed by atoms with E-state index in [1.54, 1.807) is 14.0 Å². The van der Waals surface area contributed by atoms with Crippen molar-refractivity contribution in [1.29, 1.82) is 0 Å². The Balaban J connectivity index is 1.81. The molecule has 0 aromatic carbocycles. The van der Waals surface area contributed by atoms with Crippen molar-refractivity contribution >= 4 is 17.7 Å². The molecule has 3 aliphatic heterocycles. The second-order valence-electron chi connectivity index (χ2n) is 7.46. The molecule has 5 atom stereocenters. The molecule has 2 fully saturated rings. The molecule has 3 heterocycles. The van der Waals surface area contributed by atoms with Crippen molar-refractivity contribution < 1.29 is 23.9 Å². The van der Waals surface area contributed by atoms with E-state index in [1.165, 1.54) is 0 Å². The molecule has 0 bridgehead atoms. The van der Waals surface area contributed by atoms with Crippen molar-refractivity contribution in [2.24, 2.45) is 17.4 Å². The van der Waals surface area contributed by atoms with Crippen LogP contribution in [0.4, 0.5) is 4.79 Å². The number of rotatable bonds is 5. The summed E-state index contributed by atoms with van der Waals surface area (Å²) in [6.07, 6.45) is 0.0420. The van der Waals surface area contributed by atoms with Gasteiger partial charge in [0.15, 0.2) is 5.72 Å². The molecule has 9 nitrogen and oxygen atoms in total. The minimum atomic E-state index is -0.948. The smallest absolute Gasteiger partial charge is 0.404 e. The van der Waals surface area contributed by atoms with Crippen molar-refractivity contribution in [1.82, 2.24) is 9.80 Å². The number of primary amides is 1. The molecule has 4 aliphatic rings. The topological polar surface area (TPSA) is 128 Å². The zero-order valence-corrected chi connectivity index (χ0v) is 15.7. The van der Waals surface area contributed by atoms with Crippen LogP contribution in [0.2, 0.25) is 0 Å². The standard InChI is InChI=1S/C18H24N4O5/c1-4-5-21-10-6-22-13-11(15(24)12(19)8(2)14(13)23)9(7-27-17(20)25)18(22,26-3)16(10)21/h9-10,16H,4-7,19H2,1-3H3,(H2,20,25). The summed E-state index contributed by atoms with van der Waals surface area (Å²) in [5.74, 6) is -1.30. The number of nitrogens with zero attached hydrogens (tertiary/aromatic N) is 2. The van der Waals surface area contributed by atoms with Crippen LogP contribution in [0.15, 0.2) is 22.5 Å². The lowest BCUT2D eigenvalue weighted by Gasteiger charge is -2.41. The molecule has 5 unspecified atom stereocenters. The van der Waals surface area contributed by atoms with E-state index in [4.69, 9.17) is 20.9 Å². The van der Waals surface area contributed by atoms with Gasteiger partial charge in [0.2, 0.25) is 11.6 Å². The van der Waals surface area contributed by atoms with Gasteiger partial charge in [0.1, 0.15) is 6.61 Å². The van der Waals surface area contributed by atoms with Gasteiger partial charge in [-0.3, -0.25) is 14.5 Å². The van der Waals surface area contributed by atoms with Gasteiger partial charge in [-0.15, -0.1) is 0 Å². The Hall–Kier alpha value is -2.39. The number of amides is 1. The molecule has 0 spiro atoms. The number of ketones is 2. The molecule has 4 rings (SSSR count). The number of carbonyl (C=O) groups excluding carboxylic acids is 3. The predicted octanol–water partition coefficient (Wildman–Crippen LogP) is -0.529. The summed E-state index contributed by atoms with van der Waals surface area (Å²) >= 11 is 0. The Kier molecular flexibility index (Phi) is 3.87. The summed E-state index contributed by atoms with van der Waals surface area (Å²) in [7, 11) is 1.56. The molecule has 9 heteroatoms. The lowest BCUT2D eigenvalue weighted by molar-refractivity contribution is -0.145. The van der Waals surface area contributed by atoms with Gasteiger partial charge in [-0.1, -0.05) is 6.92 Å². The fraction of sp³-hybridized carbons (Fsp3) is 0.611. The van der Waals surface area contributed by atoms with Crippen LogP contribution in [-0.2, 0) is 19.1 Å². The van der Waals surface area contributed by atoms with Crippen molar-refractivity contribution in [2.45, 2.75) is 38.1 Å². The number of allylic oxidation sites excluding steroid dienone is 2. The fourth-order valence-corrected chi connectivity index (χ4v) is 5.15. The maximum atomic E-state index is 13.0. The minimum absolute atomic E-state index is 0.0108. The summed E-state index contributed by atoms with van der Waals surface area (Å²) in [5.41, 5.74) is 10.9. The SMILES string of the molecule is CCCN1C2CN3C4=C(C(=O)C(N)=C(C)C4=O)C(COC(N)=O)C3(OC)C21. The van der Waals surface area contributed by atoms with Gasteiger partial charge in [-0.05, 0) is 19.9 Å². The molecule has 27 heavy (non-hydrogen) atoms. The summed E-state index contributed by atoms with van der Waals surface area (Å²) in [4.78, 5) is 41.4. The van der Waals surface area contributed by atoms with Gasteiger partial charge >= 0.3 is 6.09 Å². The first-order chi connectivity index (χ1) is 12.8. The van der Waals surface area contributed by atoms with E-state index in [0.717, 1.165) is 13.0 Å². The van der Waals surface area contributed by atoms with E-state index >= 15 is 0 Å². The summed E-state index contributed by atoms with van der Waals surface area (Å²) in [5, 5.41) is 0. The molecule has 2 saturated heterocycles. The Morgan fingerprint density at radius 2 is 2.04 bits per heavy atom. The first kappa shape index (κ1) is 18.0. The number of ether oxygens (including phenoxy) is 2. The molecule has 0 radical (unpaired) electrons. The summed E-state index contributed by atoms with van der Waals surface area (Å²) < 4.78 is 11.1. The van der Waals surface area contributed by atoms with Gasteiger partial charge in [-0.25, -0.2) is 4.79 Å². The van der Waals surface area contributed by atoms with Crippen molar-refractivity contribution in [2.75, 3.05) is 26.8 Å². The highest BCUT2D eigenvalue weighted by atomic mass is 16.6. The quantitative estimate of drug-likeness (QED) is 0.484. The van der Waals surface area contributed by atoms with Crippen LogP contribution >= 0.6 is 0 Å². The van der Waals surface area contributed by atoms with Crippen LogP contribution in [0.1, 0.15) is 20.3 Å². The van der Waals surface area contributed by atoms with Crippen LogP contribution in [0.3, 0.4) is 0 Å². The molecule has 0 aromatic heterocycles. The first-order valence-corrected chi connectivity index (χ1v) is 9.11. The first-order valence-electron chi connectivity index (χ1n) is 9.11. The zero-order chi connectivity index (χ0) is 19.7. The maximum Gasteiger partial charge on any atom is 0.404 e. The predicted molar refractivity (Wildman–Crippen MR) is 94.0 cm³/mol. The molecule has 4 N–H and O–H groups in total. The van der Waals surface area contributed by atoms with Gasteiger partial charge in [0, 0.05) is 30.8 Å². The average Bonchev–Trinajstić information content (AvgIpc) is 3.07. The number of nitrogens with two attached hydrogens (primary N) is 2. The molecule has 1 aliphatic carbocycles. The third-order valence-electron chi connectivity index (χ3n) is 6.30. The Bertz CT molecular complexity index is 819. The number of Topliss-reactive ketones (excluding diaryl/α,β-unsaturated/α-hetero) is 2. The largest absolute Gasteiger partial charge is 0.449 e. The lowest BCUT2D eigenvalue weighted by atomic mass is 9.82. The summed E-state index contributed by atoms with van der Waals surface area (Å²) in [6.45, 7) is 4.98. The van der Waals surface area contributed by atoms with Crippen LogP contribution in [-0.4, -0.2) is 72.1 Å². The maximum absolute atomic E-state index is 13.0. The highest BCUT2D eigenvalue weighted by molar-refractivity contribution is 6.25. The van der Waals surface area contributed by atoms with Crippen molar-refractivity contribution in [3.8, 4) is 0 Å². The molecular weight excluding hydrogens is 352 g/mol. The Morgan fingerprint density at radius 1 is 1.33 bits per heavy atom. The number of hydrogen-bond donors (Lipinski definition) is 2. The van der Waals surface area contributed by atoms with Crippen LogP contribution in [0.25, 0.3) is 0 Å².